The molecule has 2 saturated carbocycles. The van der Waals surface area contributed by atoms with E-state index in [2.05, 4.69) is 36.9 Å². The molecular weight excluding hydrogens is 350 g/mol. The minimum Gasteiger partial charge on any atom is -0.491 e. The second-order valence-corrected chi connectivity index (χ2v) is 9.76. The maximum atomic E-state index is 12.8. The zero-order valence-corrected chi connectivity index (χ0v) is 17.5. The zero-order chi connectivity index (χ0) is 19.5. The Bertz CT molecular complexity index is 786. The van der Waals surface area contributed by atoms with E-state index in [1.54, 1.807) is 0 Å². The van der Waals surface area contributed by atoms with Gasteiger partial charge in [0.1, 0.15) is 11.5 Å². The van der Waals surface area contributed by atoms with Crippen molar-refractivity contribution in [3.63, 3.8) is 0 Å². The molecule has 152 valence electrons. The average molecular weight is 384 g/mol. The van der Waals surface area contributed by atoms with Gasteiger partial charge in [-0.15, -0.1) is 0 Å². The second-order valence-electron chi connectivity index (χ2n) is 9.76. The number of hydrogen-bond donors (Lipinski definition) is 0. The SMILES string of the molecule is CO[C@@]12CCC(=O)C[C@@]13CCN(CC1CC1)[C@@H]2Cc1cccc(OC(C)C)c13. The molecule has 1 aromatic carbocycles. The standard InChI is InChI=1S/C24H33NO3/c1-16(2)28-20-6-4-5-18-13-21-24(27-3)10-9-19(26)14-23(24,22(18)20)11-12-25(21)15-17-7-8-17/h4-6,16-17,21H,7-15H2,1-3H3/t21-,23-,24-/m1/s1. The van der Waals surface area contributed by atoms with Crippen molar-refractivity contribution in [3.05, 3.63) is 29.3 Å². The molecule has 28 heavy (non-hydrogen) atoms. The lowest BCUT2D eigenvalue weighted by Gasteiger charge is -2.65. The van der Waals surface area contributed by atoms with Crippen LogP contribution in [0.15, 0.2) is 18.2 Å². The predicted molar refractivity (Wildman–Crippen MR) is 109 cm³/mol. The van der Waals surface area contributed by atoms with E-state index >= 15 is 0 Å². The minimum absolute atomic E-state index is 0.117. The molecule has 4 aliphatic rings. The number of ether oxygens (including phenoxy) is 2. The highest BCUT2D eigenvalue weighted by molar-refractivity contribution is 5.83. The molecule has 0 spiro atoms. The molecule has 0 N–H and O–H groups in total. The first kappa shape index (κ1) is 18.6. The number of benzene rings is 1. The van der Waals surface area contributed by atoms with Gasteiger partial charge in [0.05, 0.1) is 11.7 Å². The normalized spacial score (nSPS) is 34.9. The van der Waals surface area contributed by atoms with Crippen LogP contribution in [0.3, 0.4) is 0 Å². The first-order valence-electron chi connectivity index (χ1n) is 11.1. The summed E-state index contributed by atoms with van der Waals surface area (Å²) < 4.78 is 12.8. The van der Waals surface area contributed by atoms with E-state index < -0.39 is 0 Å². The molecule has 0 amide bonds. The van der Waals surface area contributed by atoms with Gasteiger partial charge in [0.2, 0.25) is 0 Å². The molecule has 2 bridgehead atoms. The summed E-state index contributed by atoms with van der Waals surface area (Å²) in [5.41, 5.74) is 2.12. The topological polar surface area (TPSA) is 38.8 Å². The average Bonchev–Trinajstić information content (AvgIpc) is 3.47. The van der Waals surface area contributed by atoms with Crippen LogP contribution in [0, 0.1) is 5.92 Å². The fraction of sp³-hybridized carbons (Fsp3) is 0.708. The summed E-state index contributed by atoms with van der Waals surface area (Å²) in [6.45, 7) is 6.42. The molecule has 0 radical (unpaired) electrons. The minimum atomic E-state index is -0.280. The number of rotatable bonds is 5. The van der Waals surface area contributed by atoms with E-state index in [1.165, 1.54) is 30.5 Å². The molecule has 4 nitrogen and oxygen atoms in total. The fourth-order valence-electron chi connectivity index (χ4n) is 6.56. The summed E-state index contributed by atoms with van der Waals surface area (Å²) in [7, 11) is 1.88. The highest BCUT2D eigenvalue weighted by Gasteiger charge is 2.66. The molecule has 1 aliphatic heterocycles. The van der Waals surface area contributed by atoms with Gasteiger partial charge in [-0.3, -0.25) is 9.69 Å². The van der Waals surface area contributed by atoms with Crippen molar-refractivity contribution in [2.45, 2.75) is 82.0 Å². The van der Waals surface area contributed by atoms with Gasteiger partial charge in [-0.25, -0.2) is 0 Å². The van der Waals surface area contributed by atoms with Crippen LogP contribution in [0.1, 0.15) is 63.5 Å². The zero-order valence-electron chi connectivity index (χ0n) is 17.5. The van der Waals surface area contributed by atoms with E-state index in [-0.39, 0.29) is 17.1 Å². The maximum Gasteiger partial charge on any atom is 0.134 e. The van der Waals surface area contributed by atoms with Gasteiger partial charge >= 0.3 is 0 Å². The third-order valence-corrected chi connectivity index (χ3v) is 7.81. The van der Waals surface area contributed by atoms with Crippen molar-refractivity contribution in [1.29, 1.82) is 0 Å². The smallest absolute Gasteiger partial charge is 0.134 e. The van der Waals surface area contributed by atoms with Crippen molar-refractivity contribution in [2.24, 2.45) is 5.92 Å². The Balaban J connectivity index is 1.68. The second kappa shape index (κ2) is 6.56. The number of nitrogens with zero attached hydrogens (tertiary/aromatic N) is 1. The number of piperidine rings is 1. The van der Waals surface area contributed by atoms with Crippen molar-refractivity contribution in [1.82, 2.24) is 4.90 Å². The number of carbonyl (C=O) groups is 1. The van der Waals surface area contributed by atoms with Crippen LogP contribution in [-0.4, -0.2) is 48.6 Å². The molecule has 3 atom stereocenters. The van der Waals surface area contributed by atoms with Crippen LogP contribution in [-0.2, 0) is 21.4 Å². The van der Waals surface area contributed by atoms with Gasteiger partial charge in [-0.1, -0.05) is 12.1 Å². The highest BCUT2D eigenvalue weighted by Crippen LogP contribution is 2.61. The summed E-state index contributed by atoms with van der Waals surface area (Å²) in [4.78, 5) is 15.5. The Morgan fingerprint density at radius 3 is 2.79 bits per heavy atom. The number of fused-ring (bicyclic) bond motifs is 1. The van der Waals surface area contributed by atoms with Gasteiger partial charge in [0.25, 0.3) is 0 Å². The summed E-state index contributed by atoms with van der Waals surface area (Å²) in [5.74, 6) is 2.22. The number of likely N-dealkylation sites (tertiary alicyclic amines) is 1. The van der Waals surface area contributed by atoms with Crippen LogP contribution < -0.4 is 4.74 Å². The molecule has 1 aromatic rings. The third-order valence-electron chi connectivity index (χ3n) is 7.81. The van der Waals surface area contributed by atoms with E-state index in [0.717, 1.165) is 37.5 Å². The monoisotopic (exact) mass is 383 g/mol. The summed E-state index contributed by atoms with van der Waals surface area (Å²) in [5, 5.41) is 0. The number of ketones is 1. The van der Waals surface area contributed by atoms with E-state index in [1.807, 2.05) is 7.11 Å². The lowest BCUT2D eigenvalue weighted by atomic mass is 9.49. The molecule has 5 rings (SSSR count). The highest BCUT2D eigenvalue weighted by atomic mass is 16.5. The van der Waals surface area contributed by atoms with Crippen molar-refractivity contribution < 1.29 is 14.3 Å². The summed E-state index contributed by atoms with van der Waals surface area (Å²) >= 11 is 0. The lowest BCUT2D eigenvalue weighted by Crippen LogP contribution is -2.74. The van der Waals surface area contributed by atoms with Crippen molar-refractivity contribution in [2.75, 3.05) is 20.2 Å². The molecule has 3 aliphatic carbocycles. The summed E-state index contributed by atoms with van der Waals surface area (Å²) in [6.07, 6.45) is 6.93. The Labute approximate surface area is 168 Å². The van der Waals surface area contributed by atoms with Crippen LogP contribution >= 0.6 is 0 Å². The molecule has 0 aromatic heterocycles. The molecule has 1 saturated heterocycles. The molecule has 1 heterocycles. The van der Waals surface area contributed by atoms with Gasteiger partial charge in [-0.2, -0.15) is 0 Å². The Hall–Kier alpha value is -1.39. The molecular formula is C24H33NO3. The van der Waals surface area contributed by atoms with Crippen LogP contribution in [0.4, 0.5) is 0 Å². The molecule has 3 fully saturated rings. The lowest BCUT2D eigenvalue weighted by molar-refractivity contribution is -0.188. The predicted octanol–water partition coefficient (Wildman–Crippen LogP) is 3.89. The number of methoxy groups -OCH3 is 1. The summed E-state index contributed by atoms with van der Waals surface area (Å²) in [6, 6.07) is 6.85. The van der Waals surface area contributed by atoms with Gasteiger partial charge < -0.3 is 9.47 Å². The van der Waals surface area contributed by atoms with E-state index in [9.17, 15) is 4.79 Å². The third kappa shape index (κ3) is 2.60. The van der Waals surface area contributed by atoms with Crippen LogP contribution in [0.2, 0.25) is 0 Å². The van der Waals surface area contributed by atoms with Gasteiger partial charge in [0.15, 0.2) is 0 Å². The van der Waals surface area contributed by atoms with E-state index in [0.29, 0.717) is 24.7 Å². The largest absolute Gasteiger partial charge is 0.491 e. The Kier molecular flexibility index (Phi) is 4.37. The molecule has 0 unspecified atom stereocenters. The van der Waals surface area contributed by atoms with Crippen molar-refractivity contribution >= 4 is 5.78 Å². The van der Waals surface area contributed by atoms with Crippen LogP contribution in [0.5, 0.6) is 5.75 Å². The number of Topliss-reactive ketones (excluding diaryl/α,β-unsaturated/α-hetero) is 1. The maximum absolute atomic E-state index is 12.8. The first-order chi connectivity index (χ1) is 13.5. The number of hydrogen-bond acceptors (Lipinski definition) is 4. The van der Waals surface area contributed by atoms with Crippen LogP contribution in [0.25, 0.3) is 0 Å². The van der Waals surface area contributed by atoms with Gasteiger partial charge in [-0.05, 0) is 70.0 Å². The van der Waals surface area contributed by atoms with Gasteiger partial charge in [0, 0.05) is 43.5 Å². The molecule has 4 heteroatoms. The Morgan fingerprint density at radius 1 is 1.25 bits per heavy atom. The Morgan fingerprint density at radius 2 is 2.07 bits per heavy atom. The van der Waals surface area contributed by atoms with E-state index in [4.69, 9.17) is 9.47 Å². The fourth-order valence-corrected chi connectivity index (χ4v) is 6.56. The number of carbonyl (C=O) groups excluding carboxylic acids is 1. The first-order valence-corrected chi connectivity index (χ1v) is 11.1. The quantitative estimate of drug-likeness (QED) is 0.773. The van der Waals surface area contributed by atoms with Crippen molar-refractivity contribution in [3.8, 4) is 5.75 Å².